The van der Waals surface area contributed by atoms with Crippen LogP contribution < -0.4 is 0 Å². The first-order chi connectivity index (χ1) is 12.7. The van der Waals surface area contributed by atoms with Gasteiger partial charge in [-0.05, 0) is 47.9 Å². The van der Waals surface area contributed by atoms with Crippen molar-refractivity contribution < 1.29 is 9.53 Å². The van der Waals surface area contributed by atoms with Crippen LogP contribution in [0.25, 0.3) is 16.7 Å². The lowest BCUT2D eigenvalue weighted by Gasteiger charge is -2.09. The number of hydrogen-bond donors (Lipinski definition) is 0. The predicted molar refractivity (Wildman–Crippen MR) is 105 cm³/mol. The van der Waals surface area contributed by atoms with Crippen LogP contribution in [0, 0.1) is 0 Å². The molecule has 0 atom stereocenters. The molecule has 2 aromatic carbocycles. The van der Waals surface area contributed by atoms with Gasteiger partial charge < -0.3 is 9.30 Å². The van der Waals surface area contributed by atoms with Crippen molar-refractivity contribution in [1.82, 2.24) is 9.55 Å². The molecule has 26 heavy (non-hydrogen) atoms. The van der Waals surface area contributed by atoms with Crippen LogP contribution in [0.15, 0.2) is 59.6 Å². The van der Waals surface area contributed by atoms with Crippen molar-refractivity contribution in [3.63, 3.8) is 0 Å². The number of esters is 1. The number of benzene rings is 2. The number of carbonyl (C=O) groups excluding carboxylic acids is 1. The summed E-state index contributed by atoms with van der Waals surface area (Å²) in [6.07, 6.45) is 2.64. The molecule has 0 fully saturated rings. The molecule has 0 unspecified atom stereocenters. The van der Waals surface area contributed by atoms with E-state index in [9.17, 15) is 4.79 Å². The van der Waals surface area contributed by atoms with Gasteiger partial charge in [-0.15, -0.1) is 11.3 Å². The summed E-state index contributed by atoms with van der Waals surface area (Å²) in [4.78, 5) is 16.4. The third kappa shape index (κ3) is 3.11. The van der Waals surface area contributed by atoms with Crippen molar-refractivity contribution >= 4 is 39.8 Å². The number of ether oxygens (including phenoxy) is 1. The highest BCUT2D eigenvalue weighted by Crippen LogP contribution is 2.25. The zero-order chi connectivity index (χ0) is 18.1. The maximum absolute atomic E-state index is 12.0. The monoisotopic (exact) mass is 382 g/mol. The van der Waals surface area contributed by atoms with Gasteiger partial charge >= 0.3 is 5.97 Å². The van der Waals surface area contributed by atoms with E-state index in [1.807, 2.05) is 23.2 Å². The van der Waals surface area contributed by atoms with E-state index in [1.54, 1.807) is 23.5 Å². The van der Waals surface area contributed by atoms with E-state index in [0.29, 0.717) is 17.0 Å². The minimum Gasteiger partial charge on any atom is -0.465 e. The van der Waals surface area contributed by atoms with Crippen molar-refractivity contribution in [3.8, 4) is 5.82 Å². The fraction of sp³-hybridized carbons (Fsp3) is 0.100. The highest BCUT2D eigenvalue weighted by molar-refractivity contribution is 7.07. The Kier molecular flexibility index (Phi) is 4.49. The highest BCUT2D eigenvalue weighted by Gasteiger charge is 2.13. The van der Waals surface area contributed by atoms with Crippen molar-refractivity contribution in [1.29, 1.82) is 0 Å². The van der Waals surface area contributed by atoms with E-state index in [2.05, 4.69) is 33.8 Å². The first-order valence-electron chi connectivity index (χ1n) is 8.01. The number of carbonyl (C=O) groups is 1. The molecule has 2 heterocycles. The van der Waals surface area contributed by atoms with Gasteiger partial charge in [0.25, 0.3) is 0 Å². The second-order valence-corrected chi connectivity index (χ2v) is 7.05. The van der Waals surface area contributed by atoms with Crippen LogP contribution in [0.4, 0.5) is 0 Å². The summed E-state index contributed by atoms with van der Waals surface area (Å²) in [7, 11) is 1.38. The average Bonchev–Trinajstić information content (AvgIpc) is 3.31. The number of thiazole rings is 1. The number of rotatable bonds is 4. The molecular formula is C20H15ClN2O2S. The first-order valence-corrected chi connectivity index (χ1v) is 9.33. The Bertz CT molecular complexity index is 1090. The Labute approximate surface area is 159 Å². The molecule has 130 valence electrons. The quantitative estimate of drug-likeness (QED) is 0.460. The van der Waals surface area contributed by atoms with E-state index in [4.69, 9.17) is 16.3 Å². The summed E-state index contributed by atoms with van der Waals surface area (Å²) >= 11 is 7.61. The Balaban J connectivity index is 1.70. The number of hydrogen-bond acceptors (Lipinski definition) is 4. The van der Waals surface area contributed by atoms with Crippen LogP contribution in [0.5, 0.6) is 0 Å². The van der Waals surface area contributed by atoms with E-state index >= 15 is 0 Å². The minimum atomic E-state index is -0.377. The third-order valence-electron chi connectivity index (χ3n) is 4.29. The van der Waals surface area contributed by atoms with Crippen molar-refractivity contribution in [2.45, 2.75) is 6.42 Å². The molecule has 4 nitrogen and oxygen atoms in total. The lowest BCUT2D eigenvalue weighted by molar-refractivity contribution is 0.0599. The second-order valence-electron chi connectivity index (χ2n) is 5.90. The predicted octanol–water partition coefficient (Wildman–Crippen LogP) is 5.12. The Hall–Kier alpha value is -2.63. The lowest BCUT2D eigenvalue weighted by atomic mass is 9.99. The van der Waals surface area contributed by atoms with Crippen LogP contribution in [0.1, 0.15) is 21.5 Å². The molecular weight excluding hydrogens is 368 g/mol. The Morgan fingerprint density at radius 3 is 2.88 bits per heavy atom. The largest absolute Gasteiger partial charge is 0.465 e. The van der Waals surface area contributed by atoms with E-state index < -0.39 is 0 Å². The molecule has 0 saturated carbocycles. The standard InChI is InChI=1S/C20H15ClN2O2S/c1-25-20(24)17-10-16(21)4-3-14(17)8-13-2-5-18-15(9-13)6-7-23(18)19-11-26-12-22-19/h2-7,9-12H,8H2,1H3. The maximum Gasteiger partial charge on any atom is 0.338 e. The normalized spacial score (nSPS) is 11.0. The summed E-state index contributed by atoms with van der Waals surface area (Å²) in [5.74, 6) is 0.543. The molecule has 0 spiro atoms. The highest BCUT2D eigenvalue weighted by atomic mass is 35.5. The molecule has 0 radical (unpaired) electrons. The molecule has 2 aromatic heterocycles. The number of aromatic nitrogens is 2. The van der Waals surface area contributed by atoms with Crippen molar-refractivity contribution in [2.24, 2.45) is 0 Å². The van der Waals surface area contributed by atoms with Gasteiger partial charge in [0, 0.05) is 22.0 Å². The van der Waals surface area contributed by atoms with Crippen LogP contribution in [-0.2, 0) is 11.2 Å². The molecule has 0 aliphatic carbocycles. The van der Waals surface area contributed by atoms with E-state index in [-0.39, 0.29) is 5.97 Å². The van der Waals surface area contributed by atoms with Crippen LogP contribution in [-0.4, -0.2) is 22.6 Å². The molecule has 4 aromatic rings. The third-order valence-corrected chi connectivity index (χ3v) is 5.10. The van der Waals surface area contributed by atoms with Crippen LogP contribution in [0.2, 0.25) is 5.02 Å². The summed E-state index contributed by atoms with van der Waals surface area (Å²) < 4.78 is 6.94. The fourth-order valence-electron chi connectivity index (χ4n) is 3.05. The van der Waals surface area contributed by atoms with Crippen molar-refractivity contribution in [2.75, 3.05) is 7.11 Å². The van der Waals surface area contributed by atoms with Gasteiger partial charge in [-0.3, -0.25) is 0 Å². The number of nitrogens with zero attached hydrogens (tertiary/aromatic N) is 2. The van der Waals surface area contributed by atoms with Gasteiger partial charge in [0.15, 0.2) is 0 Å². The first kappa shape index (κ1) is 16.8. The SMILES string of the molecule is COC(=O)c1cc(Cl)ccc1Cc1ccc2c(ccn2-c2cscn2)c1. The molecule has 0 N–H and O–H groups in total. The van der Waals surface area contributed by atoms with Gasteiger partial charge in [-0.1, -0.05) is 23.7 Å². The zero-order valence-corrected chi connectivity index (χ0v) is 15.6. The Morgan fingerprint density at radius 1 is 1.23 bits per heavy atom. The summed E-state index contributed by atoms with van der Waals surface area (Å²) in [6, 6.07) is 13.7. The molecule has 4 rings (SSSR count). The summed E-state index contributed by atoms with van der Waals surface area (Å²) in [5.41, 5.74) is 5.43. The minimum absolute atomic E-state index is 0.377. The molecule has 0 amide bonds. The van der Waals surface area contributed by atoms with Gasteiger partial charge in [0.05, 0.1) is 23.7 Å². The summed E-state index contributed by atoms with van der Waals surface area (Å²) in [5, 5.41) is 3.66. The Morgan fingerprint density at radius 2 is 2.12 bits per heavy atom. The van der Waals surface area contributed by atoms with Gasteiger partial charge in [-0.25, -0.2) is 9.78 Å². The van der Waals surface area contributed by atoms with E-state index in [0.717, 1.165) is 27.8 Å². The topological polar surface area (TPSA) is 44.1 Å². The molecule has 6 heteroatoms. The van der Waals surface area contributed by atoms with E-state index in [1.165, 1.54) is 7.11 Å². The molecule has 0 bridgehead atoms. The molecule has 0 saturated heterocycles. The van der Waals surface area contributed by atoms with Gasteiger partial charge in [0.2, 0.25) is 0 Å². The smallest absolute Gasteiger partial charge is 0.338 e. The molecule has 0 aliphatic rings. The number of halogens is 1. The number of fused-ring (bicyclic) bond motifs is 1. The van der Waals surface area contributed by atoms with Crippen LogP contribution >= 0.6 is 22.9 Å². The zero-order valence-electron chi connectivity index (χ0n) is 14.0. The van der Waals surface area contributed by atoms with Crippen LogP contribution in [0.3, 0.4) is 0 Å². The maximum atomic E-state index is 12.0. The number of methoxy groups -OCH3 is 1. The van der Waals surface area contributed by atoms with Gasteiger partial charge in [0.1, 0.15) is 5.82 Å². The van der Waals surface area contributed by atoms with Gasteiger partial charge in [-0.2, -0.15) is 0 Å². The second kappa shape index (κ2) is 6.94. The molecule has 0 aliphatic heterocycles. The fourth-order valence-corrected chi connectivity index (χ4v) is 3.75. The average molecular weight is 383 g/mol. The lowest BCUT2D eigenvalue weighted by Crippen LogP contribution is -2.06. The summed E-state index contributed by atoms with van der Waals surface area (Å²) in [6.45, 7) is 0. The van der Waals surface area contributed by atoms with Crippen molar-refractivity contribution in [3.05, 3.63) is 81.3 Å².